The van der Waals surface area contributed by atoms with Crippen LogP contribution < -0.4 is 0 Å². The Morgan fingerprint density at radius 2 is 2.22 bits per heavy atom. The summed E-state index contributed by atoms with van der Waals surface area (Å²) in [5.41, 5.74) is 0.262. The third kappa shape index (κ3) is 4.34. The van der Waals surface area contributed by atoms with Crippen molar-refractivity contribution >= 4 is 17.7 Å². The first-order chi connectivity index (χ1) is 8.54. The molecule has 0 aliphatic carbocycles. The van der Waals surface area contributed by atoms with Gasteiger partial charge in [-0.25, -0.2) is 8.78 Å². The molecule has 0 aliphatic heterocycles. The zero-order valence-electron chi connectivity index (χ0n) is 9.82. The smallest absolute Gasteiger partial charge is 0.232 e. The number of thioether (sulfide) groups is 1. The molecule has 0 aliphatic rings. The van der Waals surface area contributed by atoms with Gasteiger partial charge in [-0.05, 0) is 6.07 Å². The van der Waals surface area contributed by atoms with Gasteiger partial charge in [0.15, 0.2) is 0 Å². The fourth-order valence-electron chi connectivity index (χ4n) is 1.29. The summed E-state index contributed by atoms with van der Waals surface area (Å²) in [6.45, 7) is 0.0814. The summed E-state index contributed by atoms with van der Waals surface area (Å²) in [6.07, 6.45) is 0. The lowest BCUT2D eigenvalue weighted by Crippen LogP contribution is -2.28. The second-order valence-corrected chi connectivity index (χ2v) is 4.62. The van der Waals surface area contributed by atoms with Gasteiger partial charge >= 0.3 is 0 Å². The number of rotatable bonds is 5. The van der Waals surface area contributed by atoms with Crippen LogP contribution in [-0.4, -0.2) is 29.4 Å². The molecule has 1 rings (SSSR count). The van der Waals surface area contributed by atoms with Crippen molar-refractivity contribution in [3.05, 3.63) is 35.4 Å². The lowest BCUT2D eigenvalue weighted by atomic mass is 10.2. The Hall–Kier alpha value is -1.61. The van der Waals surface area contributed by atoms with Crippen molar-refractivity contribution in [2.75, 3.05) is 18.6 Å². The van der Waals surface area contributed by atoms with Crippen LogP contribution in [0.4, 0.5) is 8.78 Å². The third-order valence-electron chi connectivity index (χ3n) is 2.24. The molecular formula is C12H12F2N2OS. The van der Waals surface area contributed by atoms with E-state index in [0.717, 1.165) is 12.1 Å². The minimum Gasteiger partial charge on any atom is -0.341 e. The van der Waals surface area contributed by atoms with Crippen LogP contribution in [-0.2, 0) is 11.3 Å². The number of benzene rings is 1. The largest absolute Gasteiger partial charge is 0.341 e. The minimum atomic E-state index is -0.667. The number of carbonyl (C=O) groups excluding carboxylic acids is 1. The maximum atomic E-state index is 13.4. The van der Waals surface area contributed by atoms with Gasteiger partial charge in [0.25, 0.3) is 0 Å². The summed E-state index contributed by atoms with van der Waals surface area (Å²) in [6, 6.07) is 5.18. The Bertz CT molecular complexity index is 474. The van der Waals surface area contributed by atoms with Crippen LogP contribution >= 0.6 is 11.8 Å². The summed E-state index contributed by atoms with van der Waals surface area (Å²) in [4.78, 5) is 12.9. The normalized spacial score (nSPS) is 9.89. The second-order valence-electron chi connectivity index (χ2n) is 3.64. The van der Waals surface area contributed by atoms with Crippen molar-refractivity contribution in [1.29, 1.82) is 5.26 Å². The van der Waals surface area contributed by atoms with Crippen LogP contribution in [0.2, 0.25) is 0 Å². The van der Waals surface area contributed by atoms with E-state index in [9.17, 15) is 13.6 Å². The molecule has 0 aromatic heterocycles. The average molecular weight is 270 g/mol. The number of hydrogen-bond acceptors (Lipinski definition) is 3. The molecule has 0 radical (unpaired) electrons. The Morgan fingerprint density at radius 1 is 1.50 bits per heavy atom. The Balaban J connectivity index is 2.56. The predicted molar refractivity (Wildman–Crippen MR) is 65.8 cm³/mol. The molecule has 1 aromatic rings. The fraction of sp³-hybridized carbons (Fsp3) is 0.333. The van der Waals surface area contributed by atoms with E-state index in [4.69, 9.17) is 5.26 Å². The van der Waals surface area contributed by atoms with Gasteiger partial charge in [-0.2, -0.15) is 5.26 Å². The van der Waals surface area contributed by atoms with E-state index >= 15 is 0 Å². The van der Waals surface area contributed by atoms with Crippen molar-refractivity contribution in [2.45, 2.75) is 6.54 Å². The molecule has 18 heavy (non-hydrogen) atoms. The Kier molecular flexibility index (Phi) is 5.59. The number of hydrogen-bond donors (Lipinski definition) is 0. The van der Waals surface area contributed by atoms with Gasteiger partial charge < -0.3 is 4.90 Å². The molecule has 1 amide bonds. The summed E-state index contributed by atoms with van der Waals surface area (Å²) in [5, 5.41) is 8.33. The molecule has 6 heteroatoms. The highest BCUT2D eigenvalue weighted by Gasteiger charge is 2.12. The molecule has 0 N–H and O–H groups in total. The van der Waals surface area contributed by atoms with Crippen molar-refractivity contribution in [2.24, 2.45) is 0 Å². The maximum absolute atomic E-state index is 13.4. The van der Waals surface area contributed by atoms with Gasteiger partial charge in [-0.1, -0.05) is 6.07 Å². The first-order valence-electron chi connectivity index (χ1n) is 5.17. The lowest BCUT2D eigenvalue weighted by molar-refractivity contribution is -0.127. The third-order valence-corrected chi connectivity index (χ3v) is 3.02. The van der Waals surface area contributed by atoms with Gasteiger partial charge in [0.2, 0.25) is 5.91 Å². The Labute approximate surface area is 108 Å². The van der Waals surface area contributed by atoms with E-state index in [1.165, 1.54) is 29.8 Å². The highest BCUT2D eigenvalue weighted by atomic mass is 32.2. The molecule has 0 heterocycles. The molecule has 3 nitrogen and oxygen atoms in total. The first-order valence-corrected chi connectivity index (χ1v) is 6.32. The zero-order valence-corrected chi connectivity index (χ0v) is 10.6. The quantitative estimate of drug-likeness (QED) is 0.770. The molecule has 0 saturated heterocycles. The summed E-state index contributed by atoms with van der Waals surface area (Å²) >= 11 is 1.20. The molecular weight excluding hydrogens is 258 g/mol. The molecule has 96 valence electrons. The summed E-state index contributed by atoms with van der Waals surface area (Å²) < 4.78 is 26.0. The van der Waals surface area contributed by atoms with E-state index in [1.807, 2.05) is 6.07 Å². The van der Waals surface area contributed by atoms with Crippen LogP contribution in [0.5, 0.6) is 0 Å². The number of halogens is 2. The Morgan fingerprint density at radius 3 is 2.83 bits per heavy atom. The standard InChI is InChI=1S/C12H12F2N2OS/c1-16(12(17)8-18-5-4-15)7-9-2-3-10(13)6-11(9)14/h2-3,6H,5,7-8H2,1H3. The van der Waals surface area contributed by atoms with Crippen molar-refractivity contribution in [3.63, 3.8) is 0 Å². The monoisotopic (exact) mass is 270 g/mol. The lowest BCUT2D eigenvalue weighted by Gasteiger charge is -2.17. The van der Waals surface area contributed by atoms with Crippen LogP contribution in [0.15, 0.2) is 18.2 Å². The fourth-order valence-corrected chi connectivity index (χ4v) is 1.88. The van der Waals surface area contributed by atoms with E-state index in [2.05, 4.69) is 0 Å². The van der Waals surface area contributed by atoms with Gasteiger partial charge in [0, 0.05) is 25.2 Å². The number of nitriles is 1. The maximum Gasteiger partial charge on any atom is 0.232 e. The van der Waals surface area contributed by atoms with Gasteiger partial charge in [0.1, 0.15) is 11.6 Å². The van der Waals surface area contributed by atoms with Crippen LogP contribution in [0.3, 0.4) is 0 Å². The zero-order chi connectivity index (χ0) is 13.5. The van der Waals surface area contributed by atoms with E-state index in [0.29, 0.717) is 0 Å². The topological polar surface area (TPSA) is 44.1 Å². The molecule has 1 aromatic carbocycles. The minimum absolute atomic E-state index is 0.0814. The number of nitrogens with zero attached hydrogens (tertiary/aromatic N) is 2. The van der Waals surface area contributed by atoms with Gasteiger partial charge in [0.05, 0.1) is 17.6 Å². The molecule has 0 unspecified atom stereocenters. The number of carbonyl (C=O) groups is 1. The SMILES string of the molecule is CN(Cc1ccc(F)cc1F)C(=O)CSCC#N. The van der Waals surface area contributed by atoms with Crippen molar-refractivity contribution in [1.82, 2.24) is 4.90 Å². The van der Waals surface area contributed by atoms with Gasteiger partial charge in [-0.15, -0.1) is 11.8 Å². The predicted octanol–water partition coefficient (Wildman–Crippen LogP) is 2.18. The van der Waals surface area contributed by atoms with Crippen molar-refractivity contribution in [3.8, 4) is 6.07 Å². The van der Waals surface area contributed by atoms with Crippen LogP contribution in [0.25, 0.3) is 0 Å². The summed E-state index contributed by atoms with van der Waals surface area (Å²) in [5.74, 6) is -1.09. The van der Waals surface area contributed by atoms with Gasteiger partial charge in [-0.3, -0.25) is 4.79 Å². The van der Waals surface area contributed by atoms with E-state index in [-0.39, 0.29) is 29.5 Å². The van der Waals surface area contributed by atoms with Crippen LogP contribution in [0, 0.1) is 23.0 Å². The van der Waals surface area contributed by atoms with Crippen LogP contribution in [0.1, 0.15) is 5.56 Å². The first kappa shape index (κ1) is 14.5. The molecule has 0 bridgehead atoms. The molecule has 0 atom stereocenters. The average Bonchev–Trinajstić information content (AvgIpc) is 2.32. The second kappa shape index (κ2) is 6.97. The summed E-state index contributed by atoms with van der Waals surface area (Å²) in [7, 11) is 1.54. The molecule has 0 fully saturated rings. The van der Waals surface area contributed by atoms with E-state index in [1.54, 1.807) is 0 Å². The highest BCUT2D eigenvalue weighted by Crippen LogP contribution is 2.12. The van der Waals surface area contributed by atoms with E-state index < -0.39 is 11.6 Å². The van der Waals surface area contributed by atoms with Crippen molar-refractivity contribution < 1.29 is 13.6 Å². The number of amides is 1. The highest BCUT2D eigenvalue weighted by molar-refractivity contribution is 8.00. The molecule has 0 spiro atoms. The molecule has 0 saturated carbocycles.